The van der Waals surface area contributed by atoms with E-state index in [2.05, 4.69) is 16.5 Å². The van der Waals surface area contributed by atoms with Crippen LogP contribution in [0.1, 0.15) is 22.6 Å². The van der Waals surface area contributed by atoms with Crippen LogP contribution in [0.25, 0.3) is 0 Å². The molecule has 150 valence electrons. The van der Waals surface area contributed by atoms with Crippen molar-refractivity contribution >= 4 is 29.1 Å². The van der Waals surface area contributed by atoms with Gasteiger partial charge in [-0.15, -0.1) is 0 Å². The van der Waals surface area contributed by atoms with E-state index in [-0.39, 0.29) is 11.8 Å². The van der Waals surface area contributed by atoms with E-state index >= 15 is 0 Å². The molecule has 0 N–H and O–H groups in total. The molecule has 1 aromatic heterocycles. The van der Waals surface area contributed by atoms with Crippen molar-refractivity contribution in [2.24, 2.45) is 5.92 Å². The largest absolute Gasteiger partial charge is 0.490 e. The maximum Gasteiger partial charge on any atom is 0.254 e. The standard InChI is InChI=1S/C21H21ClN4O3/c1-2-20(27)26-7-8-29-18-10-15(3-4-17(18)26)21(28)25-6-5-14(13-25)9-19-23-11-16(22)12-24-19/h2-4,10-12,14H,1,5-9,13H2/t14-/m0/s1. The van der Waals surface area contributed by atoms with Crippen molar-refractivity contribution in [3.05, 3.63) is 59.7 Å². The zero-order chi connectivity index (χ0) is 20.4. The summed E-state index contributed by atoms with van der Waals surface area (Å²) >= 11 is 5.83. The number of amides is 2. The molecule has 3 heterocycles. The van der Waals surface area contributed by atoms with Crippen molar-refractivity contribution in [3.8, 4) is 5.75 Å². The quantitative estimate of drug-likeness (QED) is 0.722. The number of ether oxygens (including phenoxy) is 1. The molecule has 2 amide bonds. The Morgan fingerprint density at radius 2 is 2.07 bits per heavy atom. The van der Waals surface area contributed by atoms with Crippen molar-refractivity contribution < 1.29 is 14.3 Å². The predicted octanol–water partition coefficient (Wildman–Crippen LogP) is 2.75. The Balaban J connectivity index is 1.44. The van der Waals surface area contributed by atoms with Crippen molar-refractivity contribution in [2.75, 3.05) is 31.1 Å². The Hall–Kier alpha value is -2.93. The topological polar surface area (TPSA) is 75.6 Å². The lowest BCUT2D eigenvalue weighted by atomic mass is 10.0. The van der Waals surface area contributed by atoms with Gasteiger partial charge in [0.2, 0.25) is 0 Å². The smallest absolute Gasteiger partial charge is 0.254 e. The fourth-order valence-corrected chi connectivity index (χ4v) is 3.86. The number of carbonyl (C=O) groups is 2. The number of anilines is 1. The van der Waals surface area contributed by atoms with E-state index in [4.69, 9.17) is 16.3 Å². The number of hydrogen-bond acceptors (Lipinski definition) is 5. The third kappa shape index (κ3) is 4.10. The fraction of sp³-hybridized carbons (Fsp3) is 0.333. The third-order valence-electron chi connectivity index (χ3n) is 5.23. The van der Waals surface area contributed by atoms with Crippen LogP contribution in [0.5, 0.6) is 5.75 Å². The summed E-state index contributed by atoms with van der Waals surface area (Å²) in [6, 6.07) is 5.23. The molecule has 2 aliphatic heterocycles. The molecule has 8 heteroatoms. The summed E-state index contributed by atoms with van der Waals surface area (Å²) in [5.41, 5.74) is 1.22. The first-order valence-electron chi connectivity index (χ1n) is 9.51. The second-order valence-corrected chi connectivity index (χ2v) is 7.59. The van der Waals surface area contributed by atoms with Gasteiger partial charge >= 0.3 is 0 Å². The number of aromatic nitrogens is 2. The average Bonchev–Trinajstić information content (AvgIpc) is 3.22. The molecule has 29 heavy (non-hydrogen) atoms. The second kappa shape index (κ2) is 8.21. The molecule has 1 fully saturated rings. The van der Waals surface area contributed by atoms with Gasteiger partial charge in [-0.3, -0.25) is 9.59 Å². The maximum atomic E-state index is 13.0. The van der Waals surface area contributed by atoms with E-state index < -0.39 is 0 Å². The minimum Gasteiger partial charge on any atom is -0.490 e. The number of fused-ring (bicyclic) bond motifs is 1. The van der Waals surface area contributed by atoms with E-state index in [1.165, 1.54) is 6.08 Å². The van der Waals surface area contributed by atoms with Gasteiger partial charge < -0.3 is 14.5 Å². The maximum absolute atomic E-state index is 13.0. The zero-order valence-electron chi connectivity index (χ0n) is 15.9. The van der Waals surface area contributed by atoms with Crippen LogP contribution in [0.2, 0.25) is 5.02 Å². The number of carbonyl (C=O) groups excluding carboxylic acids is 2. The van der Waals surface area contributed by atoms with E-state index in [0.29, 0.717) is 60.6 Å². The summed E-state index contributed by atoms with van der Waals surface area (Å²) in [5.74, 6) is 1.38. The number of nitrogens with zero attached hydrogens (tertiary/aromatic N) is 4. The van der Waals surface area contributed by atoms with Crippen molar-refractivity contribution in [1.82, 2.24) is 14.9 Å². The SMILES string of the molecule is C=CC(=O)N1CCOc2cc(C(=O)N3CC[C@@H](Cc4ncc(Cl)cn4)C3)ccc21. The van der Waals surface area contributed by atoms with Crippen LogP contribution < -0.4 is 9.64 Å². The zero-order valence-corrected chi connectivity index (χ0v) is 16.6. The molecule has 1 aromatic carbocycles. The second-order valence-electron chi connectivity index (χ2n) is 7.15. The van der Waals surface area contributed by atoms with Gasteiger partial charge in [0, 0.05) is 37.5 Å². The molecule has 0 aliphatic carbocycles. The number of benzene rings is 1. The van der Waals surface area contributed by atoms with Crippen LogP contribution in [0, 0.1) is 5.92 Å². The van der Waals surface area contributed by atoms with Gasteiger partial charge in [-0.2, -0.15) is 0 Å². The van der Waals surface area contributed by atoms with Gasteiger partial charge in [0.05, 0.1) is 17.3 Å². The number of halogens is 1. The van der Waals surface area contributed by atoms with Crippen molar-refractivity contribution in [1.29, 1.82) is 0 Å². The van der Waals surface area contributed by atoms with Crippen LogP contribution in [0.4, 0.5) is 5.69 Å². The van der Waals surface area contributed by atoms with Crippen molar-refractivity contribution in [2.45, 2.75) is 12.8 Å². The lowest BCUT2D eigenvalue weighted by Crippen LogP contribution is -2.37. The summed E-state index contributed by atoms with van der Waals surface area (Å²) in [6.07, 6.45) is 6.08. The lowest BCUT2D eigenvalue weighted by molar-refractivity contribution is -0.114. The van der Waals surface area contributed by atoms with Crippen LogP contribution >= 0.6 is 11.6 Å². The van der Waals surface area contributed by atoms with E-state index in [1.54, 1.807) is 35.5 Å². The molecule has 4 rings (SSSR count). The van der Waals surface area contributed by atoms with Crippen LogP contribution in [0.3, 0.4) is 0 Å². The van der Waals surface area contributed by atoms with Crippen molar-refractivity contribution in [3.63, 3.8) is 0 Å². The summed E-state index contributed by atoms with van der Waals surface area (Å²) in [5, 5.41) is 0.514. The summed E-state index contributed by atoms with van der Waals surface area (Å²) < 4.78 is 5.69. The average molecular weight is 413 g/mol. The molecule has 2 aliphatic rings. The highest BCUT2D eigenvalue weighted by Crippen LogP contribution is 2.33. The van der Waals surface area contributed by atoms with Gasteiger partial charge in [0.25, 0.3) is 11.8 Å². The lowest BCUT2D eigenvalue weighted by Gasteiger charge is -2.29. The molecular weight excluding hydrogens is 392 g/mol. The molecule has 0 spiro atoms. The highest BCUT2D eigenvalue weighted by Gasteiger charge is 2.29. The van der Waals surface area contributed by atoms with Gasteiger partial charge in [-0.1, -0.05) is 18.2 Å². The minimum absolute atomic E-state index is 0.0388. The molecule has 2 aromatic rings. The molecular formula is C21H21ClN4O3. The minimum atomic E-state index is -0.180. The number of hydrogen-bond donors (Lipinski definition) is 0. The first-order chi connectivity index (χ1) is 14.0. The van der Waals surface area contributed by atoms with Gasteiger partial charge in [-0.25, -0.2) is 9.97 Å². The Bertz CT molecular complexity index is 947. The van der Waals surface area contributed by atoms with Crippen LogP contribution in [-0.4, -0.2) is 52.9 Å². The number of likely N-dealkylation sites (tertiary alicyclic amines) is 1. The Morgan fingerprint density at radius 1 is 1.28 bits per heavy atom. The molecule has 1 atom stereocenters. The van der Waals surface area contributed by atoms with E-state index in [9.17, 15) is 9.59 Å². The molecule has 0 unspecified atom stereocenters. The Labute approximate surface area is 174 Å². The molecule has 0 bridgehead atoms. The predicted molar refractivity (Wildman–Crippen MR) is 109 cm³/mol. The Kier molecular flexibility index (Phi) is 5.49. The Morgan fingerprint density at radius 3 is 2.83 bits per heavy atom. The monoisotopic (exact) mass is 412 g/mol. The summed E-state index contributed by atoms with van der Waals surface area (Å²) in [4.78, 5) is 36.9. The fourth-order valence-electron chi connectivity index (χ4n) is 3.76. The highest BCUT2D eigenvalue weighted by atomic mass is 35.5. The highest BCUT2D eigenvalue weighted by molar-refractivity contribution is 6.30. The van der Waals surface area contributed by atoms with E-state index in [1.807, 2.05) is 4.90 Å². The molecule has 0 saturated carbocycles. The van der Waals surface area contributed by atoms with E-state index in [0.717, 1.165) is 12.2 Å². The van der Waals surface area contributed by atoms with Crippen LogP contribution in [0.15, 0.2) is 43.2 Å². The van der Waals surface area contributed by atoms with Gasteiger partial charge in [-0.05, 0) is 36.6 Å². The van der Waals surface area contributed by atoms with Crippen LogP contribution in [-0.2, 0) is 11.2 Å². The molecule has 1 saturated heterocycles. The van der Waals surface area contributed by atoms with Gasteiger partial charge in [0.15, 0.2) is 0 Å². The van der Waals surface area contributed by atoms with Gasteiger partial charge in [0.1, 0.15) is 18.2 Å². The first kappa shape index (κ1) is 19.4. The molecule has 0 radical (unpaired) electrons. The normalized spacial score (nSPS) is 18.2. The first-order valence-corrected chi connectivity index (χ1v) is 9.89. The summed E-state index contributed by atoms with van der Waals surface area (Å²) in [6.45, 7) is 5.74. The third-order valence-corrected chi connectivity index (χ3v) is 5.42. The molecule has 7 nitrogen and oxygen atoms in total. The summed E-state index contributed by atoms with van der Waals surface area (Å²) in [7, 11) is 0. The number of rotatable bonds is 4.